The SMILES string of the molecule is CC(C)(C)SCC1(C(=O)NC2CCC(C(=O)O)CC2)CCc2ccccc2C1. The van der Waals surface area contributed by atoms with Crippen LogP contribution >= 0.6 is 11.8 Å². The van der Waals surface area contributed by atoms with Crippen molar-refractivity contribution >= 4 is 23.6 Å². The van der Waals surface area contributed by atoms with Gasteiger partial charge in [0.2, 0.25) is 5.91 Å². The number of benzene rings is 1. The first-order valence-electron chi connectivity index (χ1n) is 10.4. The third-order valence-electron chi connectivity index (χ3n) is 6.19. The summed E-state index contributed by atoms with van der Waals surface area (Å²) >= 11 is 1.87. The van der Waals surface area contributed by atoms with E-state index in [1.165, 1.54) is 11.1 Å². The molecule has 0 aliphatic heterocycles. The Kier molecular flexibility index (Phi) is 6.43. The molecule has 1 aromatic rings. The third kappa shape index (κ3) is 5.11. The number of rotatable bonds is 5. The molecule has 2 aliphatic carbocycles. The number of carbonyl (C=O) groups is 2. The number of carboxylic acids is 1. The maximum absolute atomic E-state index is 13.5. The molecule has 1 saturated carbocycles. The number of nitrogens with one attached hydrogen (secondary N) is 1. The molecule has 154 valence electrons. The van der Waals surface area contributed by atoms with Crippen LogP contribution in [0.3, 0.4) is 0 Å². The Hall–Kier alpha value is -1.49. The molecule has 2 N–H and O–H groups in total. The second-order valence-electron chi connectivity index (χ2n) is 9.49. The van der Waals surface area contributed by atoms with Crippen molar-refractivity contribution in [2.45, 2.75) is 76.5 Å². The van der Waals surface area contributed by atoms with Crippen LogP contribution in [0, 0.1) is 11.3 Å². The van der Waals surface area contributed by atoms with Crippen LogP contribution in [-0.2, 0) is 22.4 Å². The van der Waals surface area contributed by atoms with Gasteiger partial charge in [0.25, 0.3) is 0 Å². The van der Waals surface area contributed by atoms with E-state index in [1.807, 2.05) is 11.8 Å². The van der Waals surface area contributed by atoms with Gasteiger partial charge in [0.05, 0.1) is 11.3 Å². The van der Waals surface area contributed by atoms with Gasteiger partial charge in [-0.25, -0.2) is 0 Å². The summed E-state index contributed by atoms with van der Waals surface area (Å²) in [6.07, 6.45) is 5.47. The zero-order valence-corrected chi connectivity index (χ0v) is 18.1. The van der Waals surface area contributed by atoms with Crippen molar-refractivity contribution in [3.05, 3.63) is 35.4 Å². The molecule has 0 aromatic heterocycles. The molecular weight excluding hydrogens is 370 g/mol. The largest absolute Gasteiger partial charge is 0.481 e. The lowest BCUT2D eigenvalue weighted by Gasteiger charge is -2.40. The standard InChI is InChI=1S/C23H33NO3S/c1-22(2,3)28-15-23(13-12-16-6-4-5-7-18(16)14-23)21(27)24-19-10-8-17(9-11-19)20(25)26/h4-7,17,19H,8-15H2,1-3H3,(H,24,27)(H,25,26). The van der Waals surface area contributed by atoms with Crippen LogP contribution in [0.5, 0.6) is 0 Å². The van der Waals surface area contributed by atoms with Crippen LogP contribution in [0.2, 0.25) is 0 Å². The van der Waals surface area contributed by atoms with Crippen LogP contribution in [0.4, 0.5) is 0 Å². The smallest absolute Gasteiger partial charge is 0.306 e. The number of hydrogen-bond donors (Lipinski definition) is 2. The van der Waals surface area contributed by atoms with E-state index in [4.69, 9.17) is 0 Å². The summed E-state index contributed by atoms with van der Waals surface area (Å²) < 4.78 is 0.115. The number of carboxylic acid groups (broad SMARTS) is 1. The Morgan fingerprint density at radius 2 is 1.79 bits per heavy atom. The summed E-state index contributed by atoms with van der Waals surface area (Å²) in [4.78, 5) is 24.7. The van der Waals surface area contributed by atoms with E-state index in [0.29, 0.717) is 12.8 Å². The highest BCUT2D eigenvalue weighted by atomic mass is 32.2. The van der Waals surface area contributed by atoms with E-state index in [9.17, 15) is 14.7 Å². The Morgan fingerprint density at radius 3 is 2.39 bits per heavy atom. The van der Waals surface area contributed by atoms with Crippen molar-refractivity contribution in [3.8, 4) is 0 Å². The molecule has 0 radical (unpaired) electrons. The highest BCUT2D eigenvalue weighted by Gasteiger charge is 2.43. The van der Waals surface area contributed by atoms with Gasteiger partial charge in [-0.15, -0.1) is 0 Å². The number of aryl methyl sites for hydroxylation is 1. The Balaban J connectivity index is 1.72. The van der Waals surface area contributed by atoms with E-state index in [2.05, 4.69) is 50.4 Å². The first-order valence-corrected chi connectivity index (χ1v) is 11.4. The fourth-order valence-corrected chi connectivity index (χ4v) is 5.45. The van der Waals surface area contributed by atoms with Gasteiger partial charge in [0.1, 0.15) is 0 Å². The molecule has 1 fully saturated rings. The van der Waals surface area contributed by atoms with E-state index in [1.54, 1.807) is 0 Å². The van der Waals surface area contributed by atoms with Crippen molar-refractivity contribution in [2.24, 2.45) is 11.3 Å². The normalized spacial score (nSPS) is 27.7. The molecule has 1 amide bonds. The van der Waals surface area contributed by atoms with Gasteiger partial charge in [0.15, 0.2) is 0 Å². The second kappa shape index (κ2) is 8.48. The Morgan fingerprint density at radius 1 is 1.14 bits per heavy atom. The van der Waals surface area contributed by atoms with Crippen molar-refractivity contribution < 1.29 is 14.7 Å². The number of carbonyl (C=O) groups excluding carboxylic acids is 1. The fourth-order valence-electron chi connectivity index (χ4n) is 4.36. The maximum atomic E-state index is 13.5. The van der Waals surface area contributed by atoms with E-state index in [-0.39, 0.29) is 28.0 Å². The highest BCUT2D eigenvalue weighted by molar-refractivity contribution is 8.00. The number of thioether (sulfide) groups is 1. The lowest BCUT2D eigenvalue weighted by Crippen LogP contribution is -2.51. The molecule has 1 unspecified atom stereocenters. The monoisotopic (exact) mass is 403 g/mol. The molecule has 0 heterocycles. The first-order chi connectivity index (χ1) is 13.2. The van der Waals surface area contributed by atoms with Crippen LogP contribution < -0.4 is 5.32 Å². The average molecular weight is 404 g/mol. The third-order valence-corrected chi connectivity index (χ3v) is 7.76. The molecule has 0 bridgehead atoms. The minimum Gasteiger partial charge on any atom is -0.481 e. The van der Waals surface area contributed by atoms with Gasteiger partial charge in [-0.1, -0.05) is 45.0 Å². The first kappa shape index (κ1) is 21.2. The van der Waals surface area contributed by atoms with Crippen LogP contribution in [0.15, 0.2) is 24.3 Å². The Labute approximate surface area is 172 Å². The number of hydrogen-bond acceptors (Lipinski definition) is 3. The molecule has 3 rings (SSSR count). The van der Waals surface area contributed by atoms with Gasteiger partial charge >= 0.3 is 5.97 Å². The predicted octanol–water partition coefficient (Wildman–Crippen LogP) is 4.45. The predicted molar refractivity (Wildman–Crippen MR) is 115 cm³/mol. The van der Waals surface area contributed by atoms with Crippen molar-refractivity contribution in [2.75, 3.05) is 5.75 Å². The second-order valence-corrected chi connectivity index (χ2v) is 11.3. The van der Waals surface area contributed by atoms with Gasteiger partial charge in [0, 0.05) is 16.5 Å². The highest BCUT2D eigenvalue weighted by Crippen LogP contribution is 2.41. The average Bonchev–Trinajstić information content (AvgIpc) is 2.66. The number of amides is 1. The van der Waals surface area contributed by atoms with Crippen molar-refractivity contribution in [3.63, 3.8) is 0 Å². The van der Waals surface area contributed by atoms with Crippen LogP contribution in [0.1, 0.15) is 64.0 Å². The molecule has 28 heavy (non-hydrogen) atoms. The summed E-state index contributed by atoms with van der Waals surface area (Å²) in [5.74, 6) is 0.0329. The van der Waals surface area contributed by atoms with Crippen LogP contribution in [-0.4, -0.2) is 33.5 Å². The zero-order valence-electron chi connectivity index (χ0n) is 17.3. The van der Waals surface area contributed by atoms with Gasteiger partial charge < -0.3 is 10.4 Å². The molecule has 5 heteroatoms. The van der Waals surface area contributed by atoms with E-state index >= 15 is 0 Å². The molecule has 0 spiro atoms. The Bertz CT molecular complexity index is 719. The maximum Gasteiger partial charge on any atom is 0.306 e. The van der Waals surface area contributed by atoms with Gasteiger partial charge in [-0.05, 0) is 56.1 Å². The van der Waals surface area contributed by atoms with Crippen molar-refractivity contribution in [1.82, 2.24) is 5.32 Å². The van der Waals surface area contributed by atoms with Gasteiger partial charge in [-0.3, -0.25) is 9.59 Å². The van der Waals surface area contributed by atoms with Crippen molar-refractivity contribution in [1.29, 1.82) is 0 Å². The summed E-state index contributed by atoms with van der Waals surface area (Å²) in [5.41, 5.74) is 2.29. The number of fused-ring (bicyclic) bond motifs is 1. The lowest BCUT2D eigenvalue weighted by atomic mass is 9.71. The molecule has 2 aliphatic rings. The topological polar surface area (TPSA) is 66.4 Å². The minimum absolute atomic E-state index is 0.108. The minimum atomic E-state index is -0.702. The lowest BCUT2D eigenvalue weighted by molar-refractivity contribution is -0.142. The molecule has 1 atom stereocenters. The van der Waals surface area contributed by atoms with E-state index in [0.717, 1.165) is 37.9 Å². The van der Waals surface area contributed by atoms with E-state index < -0.39 is 5.97 Å². The summed E-state index contributed by atoms with van der Waals surface area (Å²) in [7, 11) is 0. The molecular formula is C23H33NO3S. The quantitative estimate of drug-likeness (QED) is 0.762. The summed E-state index contributed by atoms with van der Waals surface area (Å²) in [5, 5.41) is 12.5. The number of aliphatic carboxylic acids is 1. The fraction of sp³-hybridized carbons (Fsp3) is 0.652. The molecule has 4 nitrogen and oxygen atoms in total. The molecule has 0 saturated heterocycles. The summed E-state index contributed by atoms with van der Waals surface area (Å²) in [6.45, 7) is 6.60. The summed E-state index contributed by atoms with van der Waals surface area (Å²) in [6, 6.07) is 8.60. The molecule has 1 aromatic carbocycles. The van der Waals surface area contributed by atoms with Crippen LogP contribution in [0.25, 0.3) is 0 Å². The van der Waals surface area contributed by atoms with Gasteiger partial charge in [-0.2, -0.15) is 11.8 Å². The zero-order chi connectivity index (χ0) is 20.4.